The Bertz CT molecular complexity index is 267. The summed E-state index contributed by atoms with van der Waals surface area (Å²) in [5.41, 5.74) is 11.6. The summed E-state index contributed by atoms with van der Waals surface area (Å²) in [5, 5.41) is 0. The molecule has 0 fully saturated rings. The van der Waals surface area contributed by atoms with Crippen LogP contribution in [0.5, 0.6) is 0 Å². The second-order valence-electron chi connectivity index (χ2n) is 5.10. The van der Waals surface area contributed by atoms with Crippen LogP contribution in [-0.2, 0) is 9.53 Å². The van der Waals surface area contributed by atoms with E-state index in [-0.39, 0.29) is 5.97 Å². The molecule has 0 amide bonds. The first-order valence-corrected chi connectivity index (χ1v) is 7.39. The van der Waals surface area contributed by atoms with E-state index in [4.69, 9.17) is 16.2 Å². The van der Waals surface area contributed by atoms with Gasteiger partial charge in [0.1, 0.15) is 0 Å². The van der Waals surface area contributed by atoms with Crippen molar-refractivity contribution in [2.75, 3.05) is 6.54 Å². The monoisotopic (exact) mass is 270 g/mol. The maximum atomic E-state index is 11.8. The lowest BCUT2D eigenvalue weighted by atomic mass is 9.92. The number of hydrogen-bond acceptors (Lipinski definition) is 4. The minimum Gasteiger partial charge on any atom is -0.443 e. The van der Waals surface area contributed by atoms with Gasteiger partial charge >= 0.3 is 5.97 Å². The molecule has 2 atom stereocenters. The van der Waals surface area contributed by atoms with Gasteiger partial charge < -0.3 is 10.5 Å². The van der Waals surface area contributed by atoms with Crippen molar-refractivity contribution in [1.82, 2.24) is 0 Å². The van der Waals surface area contributed by atoms with Gasteiger partial charge in [0, 0.05) is 5.57 Å². The molecule has 0 heterocycles. The molecule has 4 N–H and O–H groups in total. The second-order valence-corrected chi connectivity index (χ2v) is 5.10. The second kappa shape index (κ2) is 11.0. The third-order valence-electron chi connectivity index (χ3n) is 3.32. The SMILES string of the molecule is C=C(CC(CC)CCCC)C(=O)OC(N)CCCN. The Morgan fingerprint density at radius 2 is 1.95 bits per heavy atom. The lowest BCUT2D eigenvalue weighted by Crippen LogP contribution is -2.28. The van der Waals surface area contributed by atoms with Crippen molar-refractivity contribution in [1.29, 1.82) is 0 Å². The number of ether oxygens (including phenoxy) is 1. The number of nitrogens with two attached hydrogens (primary N) is 2. The molecule has 0 aromatic carbocycles. The van der Waals surface area contributed by atoms with E-state index in [9.17, 15) is 4.79 Å². The van der Waals surface area contributed by atoms with Crippen LogP contribution in [0.2, 0.25) is 0 Å². The Balaban J connectivity index is 4.06. The van der Waals surface area contributed by atoms with E-state index in [2.05, 4.69) is 20.4 Å². The van der Waals surface area contributed by atoms with Crippen LogP contribution in [0.3, 0.4) is 0 Å². The number of carbonyl (C=O) groups is 1. The van der Waals surface area contributed by atoms with E-state index < -0.39 is 6.23 Å². The zero-order valence-corrected chi connectivity index (χ0v) is 12.5. The van der Waals surface area contributed by atoms with Crippen molar-refractivity contribution < 1.29 is 9.53 Å². The van der Waals surface area contributed by atoms with Crippen molar-refractivity contribution in [3.63, 3.8) is 0 Å². The fraction of sp³-hybridized carbons (Fsp3) is 0.800. The van der Waals surface area contributed by atoms with Crippen LogP contribution < -0.4 is 11.5 Å². The molecule has 0 aliphatic carbocycles. The highest BCUT2D eigenvalue weighted by atomic mass is 16.6. The van der Waals surface area contributed by atoms with E-state index in [1.165, 1.54) is 12.8 Å². The van der Waals surface area contributed by atoms with Crippen LogP contribution in [0.1, 0.15) is 58.8 Å². The van der Waals surface area contributed by atoms with Gasteiger partial charge in [-0.2, -0.15) is 0 Å². The van der Waals surface area contributed by atoms with Gasteiger partial charge in [-0.05, 0) is 31.7 Å². The molecule has 0 saturated carbocycles. The Morgan fingerprint density at radius 1 is 1.26 bits per heavy atom. The smallest absolute Gasteiger partial charge is 0.334 e. The van der Waals surface area contributed by atoms with Crippen molar-refractivity contribution in [3.8, 4) is 0 Å². The molecule has 4 nitrogen and oxygen atoms in total. The molecule has 0 rings (SSSR count). The van der Waals surface area contributed by atoms with Crippen LogP contribution in [0.4, 0.5) is 0 Å². The molecule has 0 spiro atoms. The largest absolute Gasteiger partial charge is 0.443 e. The van der Waals surface area contributed by atoms with Crippen LogP contribution in [0.25, 0.3) is 0 Å². The average Bonchev–Trinajstić information content (AvgIpc) is 2.40. The van der Waals surface area contributed by atoms with Crippen molar-refractivity contribution in [2.45, 2.75) is 65.0 Å². The molecule has 19 heavy (non-hydrogen) atoms. The molecule has 2 unspecified atom stereocenters. The number of unbranched alkanes of at least 4 members (excludes halogenated alkanes) is 1. The molecule has 0 saturated heterocycles. The number of rotatable bonds is 11. The quantitative estimate of drug-likeness (QED) is 0.344. The van der Waals surface area contributed by atoms with E-state index in [0.717, 1.165) is 19.3 Å². The van der Waals surface area contributed by atoms with Crippen molar-refractivity contribution in [3.05, 3.63) is 12.2 Å². The summed E-state index contributed by atoms with van der Waals surface area (Å²) in [6.07, 6.45) is 6.07. The summed E-state index contributed by atoms with van der Waals surface area (Å²) >= 11 is 0. The fourth-order valence-electron chi connectivity index (χ4n) is 1.97. The highest BCUT2D eigenvalue weighted by Gasteiger charge is 2.16. The first-order chi connectivity index (χ1) is 9.04. The predicted octanol–water partition coefficient (Wildman–Crippen LogP) is 2.72. The van der Waals surface area contributed by atoms with Crippen LogP contribution in [0.15, 0.2) is 12.2 Å². The fourth-order valence-corrected chi connectivity index (χ4v) is 1.97. The van der Waals surface area contributed by atoms with Gasteiger partial charge in [0.15, 0.2) is 6.23 Å². The molecule has 112 valence electrons. The third kappa shape index (κ3) is 8.78. The number of hydrogen-bond donors (Lipinski definition) is 2. The topological polar surface area (TPSA) is 78.3 Å². The Labute approximate surface area is 117 Å². The van der Waals surface area contributed by atoms with E-state index >= 15 is 0 Å². The summed E-state index contributed by atoms with van der Waals surface area (Å²) in [4.78, 5) is 11.8. The zero-order valence-electron chi connectivity index (χ0n) is 12.5. The van der Waals surface area contributed by atoms with Crippen LogP contribution in [0, 0.1) is 5.92 Å². The molecule has 4 heteroatoms. The molecule has 0 aliphatic rings. The van der Waals surface area contributed by atoms with Crippen molar-refractivity contribution >= 4 is 5.97 Å². The Hall–Kier alpha value is -0.870. The summed E-state index contributed by atoms with van der Waals surface area (Å²) in [7, 11) is 0. The first kappa shape index (κ1) is 18.1. The highest BCUT2D eigenvalue weighted by Crippen LogP contribution is 2.21. The molecule has 0 aromatic heterocycles. The van der Waals surface area contributed by atoms with E-state index in [0.29, 0.717) is 30.9 Å². The molecule has 0 aliphatic heterocycles. The number of carbonyl (C=O) groups excluding carboxylic acids is 1. The number of esters is 1. The summed E-state index contributed by atoms with van der Waals surface area (Å²) in [5.74, 6) is 0.153. The summed E-state index contributed by atoms with van der Waals surface area (Å²) in [6.45, 7) is 8.70. The lowest BCUT2D eigenvalue weighted by Gasteiger charge is -2.17. The van der Waals surface area contributed by atoms with Gasteiger partial charge in [-0.1, -0.05) is 46.1 Å². The summed E-state index contributed by atoms with van der Waals surface area (Å²) < 4.78 is 5.15. The predicted molar refractivity (Wildman–Crippen MR) is 79.4 cm³/mol. The van der Waals surface area contributed by atoms with Gasteiger partial charge in [0.05, 0.1) is 0 Å². The van der Waals surface area contributed by atoms with Crippen LogP contribution >= 0.6 is 0 Å². The van der Waals surface area contributed by atoms with E-state index in [1.807, 2.05) is 0 Å². The van der Waals surface area contributed by atoms with Gasteiger partial charge in [-0.3, -0.25) is 5.73 Å². The molecule has 0 radical (unpaired) electrons. The standard InChI is InChI=1S/C15H30N2O2/c1-4-6-8-13(5-2)11-12(3)15(18)19-14(17)9-7-10-16/h13-14H,3-11,16-17H2,1-2H3. The van der Waals surface area contributed by atoms with Gasteiger partial charge in [0.25, 0.3) is 0 Å². The van der Waals surface area contributed by atoms with Gasteiger partial charge in [-0.15, -0.1) is 0 Å². The Morgan fingerprint density at radius 3 is 2.47 bits per heavy atom. The molecular weight excluding hydrogens is 240 g/mol. The maximum absolute atomic E-state index is 11.8. The summed E-state index contributed by atoms with van der Waals surface area (Å²) in [6, 6.07) is 0. The van der Waals surface area contributed by atoms with E-state index in [1.54, 1.807) is 0 Å². The Kier molecular flexibility index (Phi) is 10.5. The molecular formula is C15H30N2O2. The zero-order chi connectivity index (χ0) is 14.7. The molecule has 0 aromatic rings. The minimum atomic E-state index is -0.566. The van der Waals surface area contributed by atoms with Gasteiger partial charge in [-0.25, -0.2) is 4.79 Å². The van der Waals surface area contributed by atoms with Gasteiger partial charge in [0.2, 0.25) is 0 Å². The average molecular weight is 270 g/mol. The normalized spacial score (nSPS) is 13.9. The minimum absolute atomic E-state index is 0.362. The first-order valence-electron chi connectivity index (χ1n) is 7.39. The van der Waals surface area contributed by atoms with Crippen molar-refractivity contribution in [2.24, 2.45) is 17.4 Å². The lowest BCUT2D eigenvalue weighted by molar-refractivity contribution is -0.144. The highest BCUT2D eigenvalue weighted by molar-refractivity contribution is 5.87. The molecule has 0 bridgehead atoms. The van der Waals surface area contributed by atoms with Crippen LogP contribution in [-0.4, -0.2) is 18.7 Å². The maximum Gasteiger partial charge on any atom is 0.334 e. The third-order valence-corrected chi connectivity index (χ3v) is 3.32.